The molecule has 0 bridgehead atoms. The van der Waals surface area contributed by atoms with Crippen molar-refractivity contribution in [2.24, 2.45) is 0 Å². The molecule has 78 valence electrons. The molecule has 0 saturated carbocycles. The number of carboxylic acids is 1. The largest absolute Gasteiger partial charge is 0.481 e. The van der Waals surface area contributed by atoms with Crippen LogP contribution >= 0.6 is 0 Å². The summed E-state index contributed by atoms with van der Waals surface area (Å²) in [5.41, 5.74) is 0.568. The summed E-state index contributed by atoms with van der Waals surface area (Å²) < 4.78 is 13.8. The molecule has 1 heterocycles. The molecule has 0 fully saturated rings. The smallest absolute Gasteiger partial charge is 0.310 e. The van der Waals surface area contributed by atoms with Gasteiger partial charge in [0.05, 0.1) is 11.4 Å². The molecule has 0 saturated heterocycles. The minimum absolute atomic E-state index is 0.206. The molecule has 1 aromatic carbocycles. The first-order valence-electron chi connectivity index (χ1n) is 4.59. The minimum Gasteiger partial charge on any atom is -0.481 e. The number of H-pyrrole nitrogens is 1. The van der Waals surface area contributed by atoms with Gasteiger partial charge in [-0.05, 0) is 13.0 Å². The van der Waals surface area contributed by atoms with Crippen molar-refractivity contribution < 1.29 is 14.3 Å². The molecule has 2 rings (SSSR count). The molecule has 0 aliphatic rings. The summed E-state index contributed by atoms with van der Waals surface area (Å²) >= 11 is 0. The Morgan fingerprint density at radius 1 is 1.47 bits per heavy atom. The van der Waals surface area contributed by atoms with Crippen LogP contribution in [0.4, 0.5) is 4.39 Å². The van der Waals surface area contributed by atoms with E-state index in [0.717, 1.165) is 5.39 Å². The Kier molecular flexibility index (Phi) is 2.19. The molecule has 2 N–H and O–H groups in total. The number of aromatic amines is 1. The summed E-state index contributed by atoms with van der Waals surface area (Å²) in [6.45, 7) is 1.47. The second-order valence-corrected chi connectivity index (χ2v) is 3.47. The highest BCUT2D eigenvalue weighted by Crippen LogP contribution is 2.25. The Morgan fingerprint density at radius 2 is 2.20 bits per heavy atom. The van der Waals surface area contributed by atoms with Gasteiger partial charge in [-0.2, -0.15) is 0 Å². The number of aliphatic carboxylic acids is 1. The van der Waals surface area contributed by atoms with Crippen LogP contribution in [-0.2, 0) is 4.79 Å². The van der Waals surface area contributed by atoms with Crippen molar-refractivity contribution in [2.75, 3.05) is 0 Å². The van der Waals surface area contributed by atoms with Crippen LogP contribution in [0, 0.1) is 5.82 Å². The second kappa shape index (κ2) is 3.38. The number of carbonyl (C=O) groups is 1. The van der Waals surface area contributed by atoms with Gasteiger partial charge >= 0.3 is 5.97 Å². The van der Waals surface area contributed by atoms with Crippen LogP contribution in [0.15, 0.2) is 24.4 Å². The maximum Gasteiger partial charge on any atom is 0.310 e. The van der Waals surface area contributed by atoms with E-state index < -0.39 is 17.7 Å². The lowest BCUT2D eigenvalue weighted by atomic mass is 9.99. The van der Waals surface area contributed by atoms with Gasteiger partial charge in [0.2, 0.25) is 0 Å². The van der Waals surface area contributed by atoms with Crippen molar-refractivity contribution in [1.82, 2.24) is 4.98 Å². The summed E-state index contributed by atoms with van der Waals surface area (Å²) in [7, 11) is 0. The van der Waals surface area contributed by atoms with Crippen molar-refractivity contribution in [3.8, 4) is 0 Å². The molecule has 0 radical (unpaired) electrons. The highest BCUT2D eigenvalue weighted by Gasteiger charge is 2.19. The lowest BCUT2D eigenvalue weighted by Crippen LogP contribution is -2.09. The van der Waals surface area contributed by atoms with Gasteiger partial charge in [-0.25, -0.2) is 4.39 Å². The zero-order valence-electron chi connectivity index (χ0n) is 8.12. The zero-order valence-corrected chi connectivity index (χ0v) is 8.12. The minimum atomic E-state index is -1.03. The number of nitrogens with one attached hydrogen (secondary N) is 1. The standard InChI is InChI=1S/C11H10FNO2/c1-6(11(14)15)8-3-2-7-4-5-13-10(7)9(8)12/h2-6,13H,1H3,(H,14,15). The predicted molar refractivity (Wildman–Crippen MR) is 54.3 cm³/mol. The quantitative estimate of drug-likeness (QED) is 0.794. The van der Waals surface area contributed by atoms with E-state index in [4.69, 9.17) is 5.11 Å². The zero-order chi connectivity index (χ0) is 11.0. The SMILES string of the molecule is CC(C(=O)O)c1ccc2cc[nH]c2c1F. The van der Waals surface area contributed by atoms with Gasteiger partial charge < -0.3 is 10.1 Å². The molecule has 3 nitrogen and oxygen atoms in total. The number of benzene rings is 1. The molecular formula is C11H10FNO2. The van der Waals surface area contributed by atoms with Crippen molar-refractivity contribution in [3.05, 3.63) is 35.8 Å². The third-order valence-corrected chi connectivity index (χ3v) is 2.53. The van der Waals surface area contributed by atoms with Crippen LogP contribution in [0.25, 0.3) is 10.9 Å². The molecule has 1 unspecified atom stereocenters. The molecular weight excluding hydrogens is 197 g/mol. The van der Waals surface area contributed by atoms with E-state index >= 15 is 0 Å². The Morgan fingerprint density at radius 3 is 2.87 bits per heavy atom. The number of carboxylic acid groups (broad SMARTS) is 1. The first kappa shape index (κ1) is 9.71. The number of rotatable bonds is 2. The average Bonchev–Trinajstić information content (AvgIpc) is 2.66. The van der Waals surface area contributed by atoms with E-state index in [2.05, 4.69) is 4.98 Å². The van der Waals surface area contributed by atoms with Gasteiger partial charge in [0.1, 0.15) is 0 Å². The average molecular weight is 207 g/mol. The summed E-state index contributed by atoms with van der Waals surface area (Å²) in [4.78, 5) is 13.5. The summed E-state index contributed by atoms with van der Waals surface area (Å²) in [6, 6.07) is 4.97. The van der Waals surface area contributed by atoms with E-state index in [1.807, 2.05) is 0 Å². The Bertz CT molecular complexity index is 518. The molecule has 1 aromatic heterocycles. The molecule has 1 atom stereocenters. The molecule has 4 heteroatoms. The van der Waals surface area contributed by atoms with Crippen LogP contribution in [0.5, 0.6) is 0 Å². The summed E-state index contributed by atoms with van der Waals surface area (Å²) in [5.74, 6) is -2.34. The fourth-order valence-corrected chi connectivity index (χ4v) is 1.57. The van der Waals surface area contributed by atoms with E-state index in [1.165, 1.54) is 13.0 Å². The number of aromatic nitrogens is 1. The van der Waals surface area contributed by atoms with Gasteiger partial charge in [-0.1, -0.05) is 12.1 Å². The van der Waals surface area contributed by atoms with Crippen LogP contribution in [0.2, 0.25) is 0 Å². The maximum absolute atomic E-state index is 13.8. The molecule has 2 aromatic rings. The molecule has 0 amide bonds. The highest BCUT2D eigenvalue weighted by molar-refractivity contribution is 5.83. The van der Waals surface area contributed by atoms with E-state index in [9.17, 15) is 9.18 Å². The van der Waals surface area contributed by atoms with Crippen molar-refractivity contribution in [1.29, 1.82) is 0 Å². The number of hydrogen-bond donors (Lipinski definition) is 2. The maximum atomic E-state index is 13.8. The normalized spacial score (nSPS) is 12.9. The molecule has 0 spiro atoms. The fourth-order valence-electron chi connectivity index (χ4n) is 1.57. The molecule has 15 heavy (non-hydrogen) atoms. The predicted octanol–water partition coefficient (Wildman–Crippen LogP) is 2.50. The van der Waals surface area contributed by atoms with Crippen molar-refractivity contribution in [2.45, 2.75) is 12.8 Å². The first-order valence-corrected chi connectivity index (χ1v) is 4.59. The van der Waals surface area contributed by atoms with Gasteiger partial charge in [0.25, 0.3) is 0 Å². The topological polar surface area (TPSA) is 53.1 Å². The molecule has 0 aliphatic heterocycles. The number of fused-ring (bicyclic) bond motifs is 1. The van der Waals surface area contributed by atoms with Crippen molar-refractivity contribution in [3.63, 3.8) is 0 Å². The monoisotopic (exact) mass is 207 g/mol. The lowest BCUT2D eigenvalue weighted by molar-refractivity contribution is -0.138. The van der Waals surface area contributed by atoms with Gasteiger partial charge in [-0.3, -0.25) is 4.79 Å². The fraction of sp³-hybridized carbons (Fsp3) is 0.182. The lowest BCUT2D eigenvalue weighted by Gasteiger charge is -2.08. The van der Waals surface area contributed by atoms with Gasteiger partial charge in [0.15, 0.2) is 5.82 Å². The Hall–Kier alpha value is -1.84. The van der Waals surface area contributed by atoms with Crippen LogP contribution in [0.1, 0.15) is 18.4 Å². The van der Waals surface area contributed by atoms with Crippen LogP contribution in [-0.4, -0.2) is 16.1 Å². The van der Waals surface area contributed by atoms with Gasteiger partial charge in [-0.15, -0.1) is 0 Å². The van der Waals surface area contributed by atoms with E-state index in [1.54, 1.807) is 18.3 Å². The van der Waals surface area contributed by atoms with E-state index in [0.29, 0.717) is 5.52 Å². The summed E-state index contributed by atoms with van der Waals surface area (Å²) in [6.07, 6.45) is 1.63. The van der Waals surface area contributed by atoms with Gasteiger partial charge in [0, 0.05) is 17.1 Å². The summed E-state index contributed by atoms with van der Waals surface area (Å²) in [5, 5.41) is 9.55. The number of hydrogen-bond acceptors (Lipinski definition) is 1. The molecule has 0 aliphatic carbocycles. The third kappa shape index (κ3) is 1.48. The first-order chi connectivity index (χ1) is 7.11. The van der Waals surface area contributed by atoms with E-state index in [-0.39, 0.29) is 5.56 Å². The second-order valence-electron chi connectivity index (χ2n) is 3.47. The van der Waals surface area contributed by atoms with Crippen molar-refractivity contribution >= 4 is 16.9 Å². The third-order valence-electron chi connectivity index (χ3n) is 2.53. The number of halogens is 1. The van der Waals surface area contributed by atoms with Crippen LogP contribution in [0.3, 0.4) is 0 Å². The van der Waals surface area contributed by atoms with Crippen LogP contribution < -0.4 is 0 Å². The Labute approximate surface area is 85.5 Å². The Balaban J connectivity index is 2.62. The highest BCUT2D eigenvalue weighted by atomic mass is 19.1.